The van der Waals surface area contributed by atoms with Crippen LogP contribution in [0.5, 0.6) is 0 Å². The second-order valence-corrected chi connectivity index (χ2v) is 5.95. The van der Waals surface area contributed by atoms with Gasteiger partial charge < -0.3 is 4.74 Å². The number of hydrogen-bond acceptors (Lipinski definition) is 1. The molecule has 0 N–H and O–H groups in total. The fourth-order valence-electron chi connectivity index (χ4n) is 2.70. The number of halogens is 2. The van der Waals surface area contributed by atoms with E-state index < -0.39 is 0 Å². The van der Waals surface area contributed by atoms with Gasteiger partial charge in [-0.15, -0.1) is 0 Å². The van der Waals surface area contributed by atoms with E-state index in [1.165, 1.54) is 25.3 Å². The average Bonchev–Trinajstić information content (AvgIpc) is 2.38. The molecule has 1 aromatic rings. The molecule has 1 aromatic carbocycles. The maximum Gasteiger partial charge on any atom is 0.129 e. The van der Waals surface area contributed by atoms with E-state index in [1.807, 2.05) is 6.07 Å². The van der Waals surface area contributed by atoms with Gasteiger partial charge in [-0.2, -0.15) is 0 Å². The molecule has 0 radical (unpaired) electrons. The molecule has 100 valence electrons. The van der Waals surface area contributed by atoms with Crippen LogP contribution in [0.25, 0.3) is 0 Å². The van der Waals surface area contributed by atoms with Crippen molar-refractivity contribution in [3.05, 3.63) is 34.1 Å². The monoisotopic (exact) mass is 314 g/mol. The lowest BCUT2D eigenvalue weighted by atomic mass is 9.85. The number of benzene rings is 1. The van der Waals surface area contributed by atoms with E-state index in [0.29, 0.717) is 24.2 Å². The number of ether oxygens (including phenoxy) is 1. The first-order chi connectivity index (χ1) is 8.70. The minimum atomic E-state index is -0.187. The highest BCUT2D eigenvalue weighted by Crippen LogP contribution is 2.30. The second kappa shape index (κ2) is 6.67. The lowest BCUT2D eigenvalue weighted by Gasteiger charge is -2.30. The van der Waals surface area contributed by atoms with Gasteiger partial charge >= 0.3 is 0 Å². The SMILES string of the molecule is CCC1CCCCC1OCc1ccc(Br)cc1F. The van der Waals surface area contributed by atoms with Crippen molar-refractivity contribution in [2.24, 2.45) is 5.92 Å². The zero-order chi connectivity index (χ0) is 13.0. The molecule has 0 saturated heterocycles. The van der Waals surface area contributed by atoms with Crippen LogP contribution in [-0.2, 0) is 11.3 Å². The van der Waals surface area contributed by atoms with Crippen molar-refractivity contribution in [3.8, 4) is 0 Å². The Morgan fingerprint density at radius 2 is 2.11 bits per heavy atom. The molecule has 0 amide bonds. The Morgan fingerprint density at radius 3 is 2.83 bits per heavy atom. The average molecular weight is 315 g/mol. The third kappa shape index (κ3) is 3.55. The Balaban J connectivity index is 1.93. The molecule has 0 aliphatic heterocycles. The molecule has 2 rings (SSSR count). The van der Waals surface area contributed by atoms with Crippen LogP contribution in [0, 0.1) is 11.7 Å². The van der Waals surface area contributed by atoms with E-state index in [0.717, 1.165) is 17.3 Å². The molecule has 1 aliphatic rings. The largest absolute Gasteiger partial charge is 0.373 e. The van der Waals surface area contributed by atoms with Crippen LogP contribution in [0.4, 0.5) is 4.39 Å². The summed E-state index contributed by atoms with van der Waals surface area (Å²) in [6.07, 6.45) is 6.40. The highest BCUT2D eigenvalue weighted by molar-refractivity contribution is 9.10. The van der Waals surface area contributed by atoms with E-state index in [-0.39, 0.29) is 5.82 Å². The zero-order valence-electron chi connectivity index (χ0n) is 10.8. The predicted octanol–water partition coefficient (Wildman–Crippen LogP) is 5.07. The summed E-state index contributed by atoms with van der Waals surface area (Å²) in [6, 6.07) is 5.15. The molecule has 0 spiro atoms. The predicted molar refractivity (Wildman–Crippen MR) is 74.9 cm³/mol. The highest BCUT2D eigenvalue weighted by atomic mass is 79.9. The topological polar surface area (TPSA) is 9.23 Å². The Morgan fingerprint density at radius 1 is 1.33 bits per heavy atom. The summed E-state index contributed by atoms with van der Waals surface area (Å²) in [6.45, 7) is 2.60. The van der Waals surface area contributed by atoms with E-state index >= 15 is 0 Å². The van der Waals surface area contributed by atoms with Crippen LogP contribution in [0.3, 0.4) is 0 Å². The van der Waals surface area contributed by atoms with Crippen molar-refractivity contribution < 1.29 is 9.13 Å². The van der Waals surface area contributed by atoms with Gasteiger partial charge in [0.05, 0.1) is 12.7 Å². The van der Waals surface area contributed by atoms with Crippen molar-refractivity contribution >= 4 is 15.9 Å². The number of rotatable bonds is 4. The Hall–Kier alpha value is -0.410. The summed E-state index contributed by atoms with van der Waals surface area (Å²) < 4.78 is 20.4. The lowest BCUT2D eigenvalue weighted by molar-refractivity contribution is -0.0231. The van der Waals surface area contributed by atoms with Crippen LogP contribution in [-0.4, -0.2) is 6.10 Å². The van der Waals surface area contributed by atoms with Crippen molar-refractivity contribution in [1.82, 2.24) is 0 Å². The van der Waals surface area contributed by atoms with Gasteiger partial charge in [-0.1, -0.05) is 48.2 Å². The Bertz CT molecular complexity index is 394. The third-order valence-electron chi connectivity index (χ3n) is 3.83. The first kappa shape index (κ1) is 14.0. The molecule has 0 heterocycles. The molecule has 2 unspecified atom stereocenters. The minimum absolute atomic E-state index is 0.187. The zero-order valence-corrected chi connectivity index (χ0v) is 12.4. The third-order valence-corrected chi connectivity index (χ3v) is 4.32. The molecule has 0 bridgehead atoms. The van der Waals surface area contributed by atoms with Crippen LogP contribution < -0.4 is 0 Å². The maximum atomic E-state index is 13.7. The molecule has 1 saturated carbocycles. The van der Waals surface area contributed by atoms with Crippen molar-refractivity contribution in [1.29, 1.82) is 0 Å². The summed E-state index contributed by atoms with van der Waals surface area (Å²) in [5, 5.41) is 0. The lowest BCUT2D eigenvalue weighted by Crippen LogP contribution is -2.27. The Labute approximate surface area is 117 Å². The van der Waals surface area contributed by atoms with Crippen LogP contribution in [0.2, 0.25) is 0 Å². The second-order valence-electron chi connectivity index (χ2n) is 5.04. The molecular formula is C15H20BrFO. The normalized spacial score (nSPS) is 24.2. The van der Waals surface area contributed by atoms with E-state index in [2.05, 4.69) is 22.9 Å². The summed E-state index contributed by atoms with van der Waals surface area (Å²) in [4.78, 5) is 0. The van der Waals surface area contributed by atoms with Crippen molar-refractivity contribution in [3.63, 3.8) is 0 Å². The first-order valence-electron chi connectivity index (χ1n) is 6.76. The fraction of sp³-hybridized carbons (Fsp3) is 0.600. The smallest absolute Gasteiger partial charge is 0.129 e. The van der Waals surface area contributed by atoms with Crippen molar-refractivity contribution in [2.75, 3.05) is 0 Å². The minimum Gasteiger partial charge on any atom is -0.373 e. The molecule has 2 atom stereocenters. The van der Waals surface area contributed by atoms with Crippen LogP contribution in [0.15, 0.2) is 22.7 Å². The van der Waals surface area contributed by atoms with Gasteiger partial charge in [-0.25, -0.2) is 4.39 Å². The maximum absolute atomic E-state index is 13.7. The summed E-state index contributed by atoms with van der Waals surface area (Å²) >= 11 is 3.26. The van der Waals surface area contributed by atoms with Gasteiger partial charge in [0.2, 0.25) is 0 Å². The van der Waals surface area contributed by atoms with Gasteiger partial charge in [0.15, 0.2) is 0 Å². The van der Waals surface area contributed by atoms with Crippen molar-refractivity contribution in [2.45, 2.75) is 51.7 Å². The summed E-state index contributed by atoms with van der Waals surface area (Å²) in [5.41, 5.74) is 0.652. The van der Waals surface area contributed by atoms with E-state index in [9.17, 15) is 4.39 Å². The van der Waals surface area contributed by atoms with Crippen LogP contribution in [0.1, 0.15) is 44.6 Å². The van der Waals surface area contributed by atoms with Gasteiger partial charge in [0.1, 0.15) is 5.82 Å². The molecular weight excluding hydrogens is 295 g/mol. The molecule has 1 nitrogen and oxygen atoms in total. The van der Waals surface area contributed by atoms with Gasteiger partial charge in [-0.3, -0.25) is 0 Å². The van der Waals surface area contributed by atoms with E-state index in [1.54, 1.807) is 6.07 Å². The summed E-state index contributed by atoms with van der Waals surface area (Å²) in [7, 11) is 0. The molecule has 1 aliphatic carbocycles. The molecule has 3 heteroatoms. The standard InChI is InChI=1S/C15H20BrFO/c1-2-11-5-3-4-6-15(11)18-10-12-7-8-13(16)9-14(12)17/h7-9,11,15H,2-6,10H2,1H3. The fourth-order valence-corrected chi connectivity index (χ4v) is 3.03. The quantitative estimate of drug-likeness (QED) is 0.753. The molecule has 0 aromatic heterocycles. The molecule has 1 fully saturated rings. The number of hydrogen-bond donors (Lipinski definition) is 0. The molecule has 18 heavy (non-hydrogen) atoms. The van der Waals surface area contributed by atoms with Crippen LogP contribution >= 0.6 is 15.9 Å². The van der Waals surface area contributed by atoms with Gasteiger partial charge in [0.25, 0.3) is 0 Å². The first-order valence-corrected chi connectivity index (χ1v) is 7.55. The van der Waals surface area contributed by atoms with Gasteiger partial charge in [-0.05, 0) is 30.9 Å². The Kier molecular flexibility index (Phi) is 5.19. The van der Waals surface area contributed by atoms with E-state index in [4.69, 9.17) is 4.74 Å². The van der Waals surface area contributed by atoms with Gasteiger partial charge in [0, 0.05) is 10.0 Å². The highest BCUT2D eigenvalue weighted by Gasteiger charge is 2.24. The summed E-state index contributed by atoms with van der Waals surface area (Å²) in [5.74, 6) is 0.463.